The second-order valence-electron chi connectivity index (χ2n) is 11.4. The minimum atomic E-state index is -0.690. The highest BCUT2D eigenvalue weighted by molar-refractivity contribution is 9.09. The number of nitrogens with one attached hydrogen (secondary N) is 2. The summed E-state index contributed by atoms with van der Waals surface area (Å²) in [6.07, 6.45) is 3.83. The van der Waals surface area contributed by atoms with Gasteiger partial charge in [0.1, 0.15) is 6.04 Å². The summed E-state index contributed by atoms with van der Waals surface area (Å²) in [5.74, 6) is -1.57. The van der Waals surface area contributed by atoms with Crippen LogP contribution in [0.1, 0.15) is 46.0 Å². The number of thioether (sulfide) groups is 1. The predicted octanol–water partition coefficient (Wildman–Crippen LogP) is 5.13. The van der Waals surface area contributed by atoms with Gasteiger partial charge < -0.3 is 25.5 Å². The van der Waals surface area contributed by atoms with Crippen LogP contribution in [0.3, 0.4) is 0 Å². The molecule has 3 amide bonds. The number of hydrogen-bond donors (Lipinski definition) is 3. The number of halogens is 1. The molecule has 42 heavy (non-hydrogen) atoms. The largest absolute Gasteiger partial charge is 0.396 e. The Morgan fingerprint density at radius 2 is 1.62 bits per heavy atom. The quantitative estimate of drug-likeness (QED) is 0.204. The Labute approximate surface area is 261 Å². The van der Waals surface area contributed by atoms with Gasteiger partial charge in [0.05, 0.1) is 16.6 Å². The monoisotopic (exact) mass is 656 g/mol. The number of benzene rings is 2. The maximum atomic E-state index is 14.2. The third kappa shape index (κ3) is 5.82. The summed E-state index contributed by atoms with van der Waals surface area (Å²) in [7, 11) is 0. The number of para-hydroxylation sites is 1. The van der Waals surface area contributed by atoms with Crippen molar-refractivity contribution in [1.82, 2.24) is 4.90 Å². The molecule has 2 aromatic rings. The van der Waals surface area contributed by atoms with Crippen LogP contribution >= 0.6 is 27.7 Å². The van der Waals surface area contributed by atoms with Gasteiger partial charge in [-0.3, -0.25) is 14.4 Å². The molecule has 6 atom stereocenters. The molecule has 3 aliphatic rings. The number of nitrogens with zero attached hydrogens (tertiary/aromatic N) is 2. The zero-order chi connectivity index (χ0) is 29.9. The van der Waals surface area contributed by atoms with Gasteiger partial charge in [-0.2, -0.15) is 0 Å². The second-order valence-corrected chi connectivity index (χ2v) is 14.1. The lowest BCUT2D eigenvalue weighted by Crippen LogP contribution is -2.52. The first-order valence-electron chi connectivity index (χ1n) is 15.1. The van der Waals surface area contributed by atoms with Gasteiger partial charge in [-0.05, 0) is 69.5 Å². The Hall–Kier alpha value is -2.56. The highest BCUT2D eigenvalue weighted by atomic mass is 79.9. The number of anilines is 3. The van der Waals surface area contributed by atoms with E-state index < -0.39 is 22.6 Å². The Kier molecular flexibility index (Phi) is 9.84. The Bertz CT molecular complexity index is 1260. The number of unbranched alkanes of at least 4 members (excludes halogenated alkanes) is 3. The number of hydrogen-bond acceptors (Lipinski definition) is 6. The van der Waals surface area contributed by atoms with Crippen molar-refractivity contribution in [2.75, 3.05) is 41.8 Å². The van der Waals surface area contributed by atoms with Gasteiger partial charge in [0.15, 0.2) is 0 Å². The number of rotatable bonds is 13. The van der Waals surface area contributed by atoms with E-state index in [4.69, 9.17) is 0 Å². The zero-order valence-electron chi connectivity index (χ0n) is 24.3. The SMILES string of the molecule is CCN(CC)c1ccc(NC(=O)C2N(CCCCCCO)C(=O)[C@@H]3[C@H](C(=O)Nc4ccccc4)[C@H]4SC23CC4Br)cc1. The third-order valence-corrected chi connectivity index (χ3v) is 12.2. The number of likely N-dealkylation sites (tertiary alicyclic amines) is 1. The summed E-state index contributed by atoms with van der Waals surface area (Å²) in [6.45, 7) is 6.62. The van der Waals surface area contributed by atoms with Crippen molar-refractivity contribution in [3.63, 3.8) is 0 Å². The van der Waals surface area contributed by atoms with Crippen LogP contribution in [-0.2, 0) is 14.4 Å². The van der Waals surface area contributed by atoms with Gasteiger partial charge in [-0.1, -0.05) is 47.0 Å². The fourth-order valence-corrected chi connectivity index (χ4v) is 10.6. The smallest absolute Gasteiger partial charge is 0.248 e. The molecule has 8 nitrogen and oxygen atoms in total. The number of amides is 3. The van der Waals surface area contributed by atoms with Crippen LogP contribution in [0.15, 0.2) is 54.6 Å². The minimum Gasteiger partial charge on any atom is -0.396 e. The van der Waals surface area contributed by atoms with E-state index in [9.17, 15) is 19.5 Å². The lowest BCUT2D eigenvalue weighted by molar-refractivity contribution is -0.138. The van der Waals surface area contributed by atoms with E-state index in [0.717, 1.165) is 44.5 Å². The van der Waals surface area contributed by atoms with Gasteiger partial charge in [-0.25, -0.2) is 0 Å². The number of aliphatic hydroxyl groups excluding tert-OH is 1. The van der Waals surface area contributed by atoms with Crippen molar-refractivity contribution in [2.45, 2.75) is 66.8 Å². The van der Waals surface area contributed by atoms with E-state index in [1.54, 1.807) is 16.7 Å². The fraction of sp³-hybridized carbons (Fsp3) is 0.531. The average molecular weight is 658 g/mol. The lowest BCUT2D eigenvalue weighted by atomic mass is 9.70. The molecule has 0 aliphatic carbocycles. The number of aliphatic hydroxyl groups is 1. The van der Waals surface area contributed by atoms with Gasteiger partial charge in [-0.15, -0.1) is 11.8 Å². The molecule has 1 spiro atoms. The van der Waals surface area contributed by atoms with E-state index in [2.05, 4.69) is 45.3 Å². The molecule has 3 unspecified atom stereocenters. The summed E-state index contributed by atoms with van der Waals surface area (Å²) in [5.41, 5.74) is 2.48. The van der Waals surface area contributed by atoms with Gasteiger partial charge in [0, 0.05) is 53.4 Å². The van der Waals surface area contributed by atoms with Crippen molar-refractivity contribution >= 4 is 62.5 Å². The number of fused-ring (bicyclic) bond motifs is 1. The molecule has 3 N–H and O–H groups in total. The summed E-state index contributed by atoms with van der Waals surface area (Å²) < 4.78 is -0.690. The molecule has 0 saturated carbocycles. The van der Waals surface area contributed by atoms with E-state index in [0.29, 0.717) is 24.3 Å². The number of alkyl halides is 1. The van der Waals surface area contributed by atoms with Crippen LogP contribution in [0.25, 0.3) is 0 Å². The van der Waals surface area contributed by atoms with Crippen LogP contribution < -0.4 is 15.5 Å². The van der Waals surface area contributed by atoms with Crippen molar-refractivity contribution in [2.24, 2.45) is 11.8 Å². The van der Waals surface area contributed by atoms with Gasteiger partial charge >= 0.3 is 0 Å². The molecule has 226 valence electrons. The lowest BCUT2D eigenvalue weighted by Gasteiger charge is -2.35. The topological polar surface area (TPSA) is 102 Å². The highest BCUT2D eigenvalue weighted by Gasteiger charge is 2.75. The Morgan fingerprint density at radius 3 is 2.29 bits per heavy atom. The second kappa shape index (κ2) is 13.4. The maximum Gasteiger partial charge on any atom is 0.248 e. The standard InChI is InChI=1S/C32H41BrN4O4S/c1-3-36(4-2)23-16-14-22(15-17-23)35-30(40)28-32-20-24(33)27(42-32)25(29(39)34-21-12-8-7-9-13-21)26(32)31(41)37(28)18-10-5-6-11-19-38/h7-9,12-17,24-28,38H,3-6,10-11,18-20H2,1-2H3,(H,34,39)(H,35,40)/t24?,25-,26-,27-,28?,32?/m0/s1. The molecule has 3 heterocycles. The van der Waals surface area contributed by atoms with Crippen molar-refractivity contribution in [1.29, 1.82) is 0 Å². The molecular weight excluding hydrogens is 616 g/mol. The minimum absolute atomic E-state index is 0.0197. The zero-order valence-corrected chi connectivity index (χ0v) is 26.7. The van der Waals surface area contributed by atoms with E-state index in [1.165, 1.54) is 0 Å². The van der Waals surface area contributed by atoms with Crippen LogP contribution in [0.4, 0.5) is 17.1 Å². The average Bonchev–Trinajstić information content (AvgIpc) is 3.58. The normalized spacial score (nSPS) is 27.7. The first kappa shape index (κ1) is 30.9. The fourth-order valence-electron chi connectivity index (χ4n) is 7.02. The molecule has 2 bridgehead atoms. The van der Waals surface area contributed by atoms with Crippen LogP contribution in [0.5, 0.6) is 0 Å². The van der Waals surface area contributed by atoms with E-state index in [1.807, 2.05) is 54.6 Å². The predicted molar refractivity (Wildman–Crippen MR) is 173 cm³/mol. The molecule has 3 fully saturated rings. The molecule has 2 aromatic carbocycles. The molecule has 5 rings (SSSR count). The molecular formula is C32H41BrN4O4S. The van der Waals surface area contributed by atoms with Crippen molar-refractivity contribution in [3.8, 4) is 0 Å². The van der Waals surface area contributed by atoms with Crippen LogP contribution in [-0.4, -0.2) is 74.8 Å². The van der Waals surface area contributed by atoms with Crippen LogP contribution in [0.2, 0.25) is 0 Å². The number of carbonyl (C=O) groups is 3. The third-order valence-electron chi connectivity index (χ3n) is 8.95. The summed E-state index contributed by atoms with van der Waals surface area (Å²) >= 11 is 5.48. The molecule has 0 radical (unpaired) electrons. The number of carbonyl (C=O) groups excluding carboxylic acids is 3. The molecule has 10 heteroatoms. The van der Waals surface area contributed by atoms with Crippen molar-refractivity contribution < 1.29 is 19.5 Å². The van der Waals surface area contributed by atoms with Crippen molar-refractivity contribution in [3.05, 3.63) is 54.6 Å². The summed E-state index contributed by atoms with van der Waals surface area (Å²) in [6, 6.07) is 16.5. The Balaban J connectivity index is 1.42. The first-order valence-corrected chi connectivity index (χ1v) is 16.9. The summed E-state index contributed by atoms with van der Waals surface area (Å²) in [5, 5.41) is 15.2. The summed E-state index contributed by atoms with van der Waals surface area (Å²) in [4.78, 5) is 46.1. The Morgan fingerprint density at radius 1 is 0.976 bits per heavy atom. The highest BCUT2D eigenvalue weighted by Crippen LogP contribution is 2.67. The molecule has 3 aliphatic heterocycles. The first-order chi connectivity index (χ1) is 20.3. The maximum absolute atomic E-state index is 14.2. The van der Waals surface area contributed by atoms with E-state index in [-0.39, 0.29) is 34.4 Å². The van der Waals surface area contributed by atoms with Gasteiger partial charge in [0.25, 0.3) is 0 Å². The van der Waals surface area contributed by atoms with E-state index >= 15 is 0 Å². The van der Waals surface area contributed by atoms with Gasteiger partial charge in [0.2, 0.25) is 17.7 Å². The molecule has 3 saturated heterocycles. The van der Waals surface area contributed by atoms with Crippen LogP contribution in [0, 0.1) is 11.8 Å². The molecule has 0 aromatic heterocycles.